The standard InChI is InChI=1S/C10H18N4O2.HI/c1-10(2,3)15-6-8-4-7(14-16-8)5-13-9(11)12;/h4H,5-6H2,1-3H3,(H4,11,12,13);1H. The van der Waals surface area contributed by atoms with Gasteiger partial charge in [-0.1, -0.05) is 5.16 Å². The van der Waals surface area contributed by atoms with Crippen molar-refractivity contribution >= 4 is 29.9 Å². The molecule has 0 aliphatic carbocycles. The van der Waals surface area contributed by atoms with Gasteiger partial charge in [0.05, 0.1) is 12.1 Å². The predicted octanol–water partition coefficient (Wildman–Crippen LogP) is 1.38. The molecule has 0 fully saturated rings. The number of guanidine groups is 1. The van der Waals surface area contributed by atoms with E-state index in [4.69, 9.17) is 20.7 Å². The van der Waals surface area contributed by atoms with Gasteiger partial charge in [0.1, 0.15) is 12.3 Å². The lowest BCUT2D eigenvalue weighted by atomic mass is 10.2. The van der Waals surface area contributed by atoms with Crippen LogP contribution in [0.3, 0.4) is 0 Å². The van der Waals surface area contributed by atoms with E-state index in [1.54, 1.807) is 6.07 Å². The van der Waals surface area contributed by atoms with E-state index in [0.29, 0.717) is 24.6 Å². The molecule has 4 N–H and O–H groups in total. The smallest absolute Gasteiger partial charge is 0.186 e. The molecular weight excluding hydrogens is 335 g/mol. The van der Waals surface area contributed by atoms with E-state index < -0.39 is 0 Å². The average molecular weight is 354 g/mol. The number of nitrogens with two attached hydrogens (primary N) is 2. The Bertz CT molecular complexity index is 367. The van der Waals surface area contributed by atoms with Crippen molar-refractivity contribution in [1.82, 2.24) is 5.16 Å². The summed E-state index contributed by atoms with van der Waals surface area (Å²) in [6.07, 6.45) is 0. The topological polar surface area (TPSA) is 99.7 Å². The predicted molar refractivity (Wildman–Crippen MR) is 76.0 cm³/mol. The molecule has 0 unspecified atom stereocenters. The lowest BCUT2D eigenvalue weighted by Gasteiger charge is -2.17. The van der Waals surface area contributed by atoms with Crippen molar-refractivity contribution in [2.24, 2.45) is 16.5 Å². The second-order valence-corrected chi connectivity index (χ2v) is 4.43. The molecule has 1 heterocycles. The summed E-state index contributed by atoms with van der Waals surface area (Å²) >= 11 is 0. The van der Waals surface area contributed by atoms with Gasteiger partial charge in [-0.15, -0.1) is 24.0 Å². The number of hydrogen-bond acceptors (Lipinski definition) is 4. The third kappa shape index (κ3) is 7.16. The summed E-state index contributed by atoms with van der Waals surface area (Å²) < 4.78 is 10.6. The molecule has 0 spiro atoms. The van der Waals surface area contributed by atoms with Gasteiger partial charge in [0, 0.05) is 6.07 Å². The molecule has 0 aliphatic rings. The van der Waals surface area contributed by atoms with Gasteiger partial charge in [0.15, 0.2) is 11.7 Å². The molecule has 0 amide bonds. The molecule has 1 aromatic heterocycles. The van der Waals surface area contributed by atoms with Crippen LogP contribution in [-0.2, 0) is 17.9 Å². The van der Waals surface area contributed by atoms with Gasteiger partial charge in [-0.2, -0.15) is 0 Å². The van der Waals surface area contributed by atoms with Crippen molar-refractivity contribution in [3.8, 4) is 0 Å². The van der Waals surface area contributed by atoms with Crippen LogP contribution in [-0.4, -0.2) is 16.7 Å². The van der Waals surface area contributed by atoms with Crippen LogP contribution in [0.4, 0.5) is 0 Å². The second kappa shape index (κ2) is 6.80. The summed E-state index contributed by atoms with van der Waals surface area (Å²) in [5.74, 6) is 0.700. The lowest BCUT2D eigenvalue weighted by molar-refractivity contribution is -0.0241. The van der Waals surface area contributed by atoms with E-state index >= 15 is 0 Å². The Morgan fingerprint density at radius 3 is 2.65 bits per heavy atom. The number of rotatable bonds is 4. The fraction of sp³-hybridized carbons (Fsp3) is 0.600. The molecule has 0 saturated heterocycles. The number of halogens is 1. The quantitative estimate of drug-likeness (QED) is 0.483. The highest BCUT2D eigenvalue weighted by atomic mass is 127. The van der Waals surface area contributed by atoms with E-state index in [9.17, 15) is 0 Å². The van der Waals surface area contributed by atoms with Crippen molar-refractivity contribution in [3.63, 3.8) is 0 Å². The first-order valence-electron chi connectivity index (χ1n) is 5.00. The summed E-state index contributed by atoms with van der Waals surface area (Å²) in [6, 6.07) is 1.78. The highest BCUT2D eigenvalue weighted by Crippen LogP contribution is 2.12. The average Bonchev–Trinajstić information content (AvgIpc) is 2.58. The Labute approximate surface area is 118 Å². The minimum atomic E-state index is -0.202. The third-order valence-corrected chi connectivity index (χ3v) is 1.68. The van der Waals surface area contributed by atoms with Crippen molar-refractivity contribution in [2.75, 3.05) is 0 Å². The van der Waals surface area contributed by atoms with Gasteiger partial charge in [-0.05, 0) is 20.8 Å². The first-order chi connectivity index (χ1) is 7.37. The Hall–Kier alpha value is -0.830. The summed E-state index contributed by atoms with van der Waals surface area (Å²) in [5.41, 5.74) is 10.9. The number of ether oxygens (including phenoxy) is 1. The van der Waals surface area contributed by atoms with Crippen molar-refractivity contribution in [3.05, 3.63) is 17.5 Å². The monoisotopic (exact) mass is 354 g/mol. The second-order valence-electron chi connectivity index (χ2n) is 4.43. The Morgan fingerprint density at radius 2 is 2.12 bits per heavy atom. The zero-order valence-electron chi connectivity index (χ0n) is 10.3. The number of aromatic nitrogens is 1. The molecule has 0 saturated carbocycles. The van der Waals surface area contributed by atoms with Crippen LogP contribution in [0.15, 0.2) is 15.6 Å². The highest BCUT2D eigenvalue weighted by Gasteiger charge is 2.12. The maximum atomic E-state index is 5.54. The van der Waals surface area contributed by atoms with Gasteiger partial charge >= 0.3 is 0 Å². The Morgan fingerprint density at radius 1 is 1.47 bits per heavy atom. The molecule has 1 rings (SSSR count). The Balaban J connectivity index is 0.00000256. The molecule has 17 heavy (non-hydrogen) atoms. The van der Waals surface area contributed by atoms with Crippen LogP contribution in [0.1, 0.15) is 32.2 Å². The van der Waals surface area contributed by atoms with Crippen molar-refractivity contribution in [2.45, 2.75) is 39.5 Å². The minimum absolute atomic E-state index is 0. The maximum absolute atomic E-state index is 5.54. The van der Waals surface area contributed by atoms with Crippen molar-refractivity contribution < 1.29 is 9.26 Å². The van der Waals surface area contributed by atoms with Gasteiger partial charge in [0.2, 0.25) is 0 Å². The van der Waals surface area contributed by atoms with Crippen LogP contribution in [0.25, 0.3) is 0 Å². The van der Waals surface area contributed by atoms with E-state index in [1.807, 2.05) is 20.8 Å². The van der Waals surface area contributed by atoms with Gasteiger partial charge in [-0.25, -0.2) is 4.99 Å². The zero-order valence-corrected chi connectivity index (χ0v) is 12.6. The largest absolute Gasteiger partial charge is 0.370 e. The molecule has 1 aromatic rings. The lowest BCUT2D eigenvalue weighted by Crippen LogP contribution is -2.22. The van der Waals surface area contributed by atoms with Gasteiger partial charge in [-0.3, -0.25) is 0 Å². The third-order valence-electron chi connectivity index (χ3n) is 1.68. The summed E-state index contributed by atoms with van der Waals surface area (Å²) in [7, 11) is 0. The minimum Gasteiger partial charge on any atom is -0.370 e. The molecule has 0 radical (unpaired) electrons. The van der Waals surface area contributed by atoms with E-state index in [1.165, 1.54) is 0 Å². The van der Waals surface area contributed by atoms with Crippen LogP contribution in [0.5, 0.6) is 0 Å². The van der Waals surface area contributed by atoms with E-state index in [2.05, 4.69) is 10.1 Å². The number of aliphatic imine (C=N–C) groups is 1. The molecule has 0 aliphatic heterocycles. The van der Waals surface area contributed by atoms with Gasteiger partial charge in [0.25, 0.3) is 0 Å². The van der Waals surface area contributed by atoms with E-state index in [0.717, 1.165) is 0 Å². The van der Waals surface area contributed by atoms with E-state index in [-0.39, 0.29) is 35.5 Å². The molecule has 0 bridgehead atoms. The van der Waals surface area contributed by atoms with Crippen LogP contribution < -0.4 is 11.5 Å². The molecular formula is C10H19IN4O2. The molecule has 7 heteroatoms. The number of hydrogen-bond donors (Lipinski definition) is 2. The molecule has 6 nitrogen and oxygen atoms in total. The fourth-order valence-corrected chi connectivity index (χ4v) is 0.958. The number of nitrogens with zero attached hydrogens (tertiary/aromatic N) is 2. The Kier molecular flexibility index (Phi) is 6.46. The normalized spacial score (nSPS) is 10.8. The molecule has 0 aromatic carbocycles. The summed E-state index contributed by atoms with van der Waals surface area (Å²) in [6.45, 7) is 6.64. The van der Waals surface area contributed by atoms with Crippen LogP contribution in [0, 0.1) is 0 Å². The highest BCUT2D eigenvalue weighted by molar-refractivity contribution is 14.0. The summed E-state index contributed by atoms with van der Waals surface area (Å²) in [4.78, 5) is 3.83. The first kappa shape index (κ1) is 16.2. The molecule has 98 valence electrons. The fourth-order valence-electron chi connectivity index (χ4n) is 0.958. The molecule has 0 atom stereocenters. The summed E-state index contributed by atoms with van der Waals surface area (Å²) in [5, 5.41) is 3.82. The zero-order chi connectivity index (χ0) is 12.2. The maximum Gasteiger partial charge on any atom is 0.186 e. The van der Waals surface area contributed by atoms with Crippen LogP contribution in [0.2, 0.25) is 0 Å². The van der Waals surface area contributed by atoms with Crippen molar-refractivity contribution in [1.29, 1.82) is 0 Å². The van der Waals surface area contributed by atoms with Crippen LogP contribution >= 0.6 is 24.0 Å². The SMILES string of the molecule is CC(C)(C)OCc1cc(CN=C(N)N)no1.I. The first-order valence-corrected chi connectivity index (χ1v) is 5.00. The van der Waals surface area contributed by atoms with Gasteiger partial charge < -0.3 is 20.7 Å².